The molecule has 0 amide bonds. The van der Waals surface area contributed by atoms with Crippen molar-refractivity contribution in [2.45, 2.75) is 45.1 Å². The zero-order valence-corrected chi connectivity index (χ0v) is 14.5. The highest BCUT2D eigenvalue weighted by atomic mass is 19.4. The lowest BCUT2D eigenvalue weighted by Gasteiger charge is -2.32. The second-order valence-corrected chi connectivity index (χ2v) is 7.10. The predicted molar refractivity (Wildman–Crippen MR) is 90.4 cm³/mol. The topological polar surface area (TPSA) is 31.4 Å². The Hall–Kier alpha value is -1.86. The zero-order chi connectivity index (χ0) is 18.5. The van der Waals surface area contributed by atoms with Crippen molar-refractivity contribution in [3.63, 3.8) is 0 Å². The largest absolute Gasteiger partial charge is 0.515 e. The molecule has 0 aliphatic carbocycles. The van der Waals surface area contributed by atoms with Gasteiger partial charge in [-0.2, -0.15) is 13.2 Å². The highest BCUT2D eigenvalue weighted by molar-refractivity contribution is 6.62. The summed E-state index contributed by atoms with van der Waals surface area (Å²) in [4.78, 5) is 4.33. The Labute approximate surface area is 145 Å². The van der Waals surface area contributed by atoms with Crippen molar-refractivity contribution in [1.82, 2.24) is 4.98 Å². The fraction of sp³-hybridized carbons (Fsp3) is 0.389. The van der Waals surface area contributed by atoms with Crippen molar-refractivity contribution in [3.8, 4) is 11.1 Å². The van der Waals surface area contributed by atoms with Gasteiger partial charge in [0, 0.05) is 6.20 Å². The molecule has 25 heavy (non-hydrogen) atoms. The quantitative estimate of drug-likeness (QED) is 0.766. The van der Waals surface area contributed by atoms with Crippen LogP contribution in [0.2, 0.25) is 0 Å². The normalized spacial score (nSPS) is 19.2. The van der Waals surface area contributed by atoms with Gasteiger partial charge in [0.2, 0.25) is 0 Å². The fourth-order valence-corrected chi connectivity index (χ4v) is 2.67. The maximum absolute atomic E-state index is 13.0. The first-order chi connectivity index (χ1) is 11.5. The molecule has 132 valence electrons. The summed E-state index contributed by atoms with van der Waals surface area (Å²) < 4.78 is 51.1. The maximum Gasteiger partial charge on any atom is 0.515 e. The van der Waals surface area contributed by atoms with E-state index < -0.39 is 30.1 Å². The van der Waals surface area contributed by atoms with E-state index >= 15 is 0 Å². The van der Waals surface area contributed by atoms with E-state index in [1.165, 1.54) is 6.07 Å². The van der Waals surface area contributed by atoms with Crippen LogP contribution in [0.1, 0.15) is 33.3 Å². The van der Waals surface area contributed by atoms with Crippen molar-refractivity contribution in [2.75, 3.05) is 0 Å². The smallest absolute Gasteiger partial charge is 0.398 e. The van der Waals surface area contributed by atoms with E-state index in [1.807, 2.05) is 27.7 Å². The molecule has 1 aliphatic heterocycles. The summed E-state index contributed by atoms with van der Waals surface area (Å²) in [6.45, 7) is 7.67. The van der Waals surface area contributed by atoms with Gasteiger partial charge in [0.05, 0.1) is 22.4 Å². The van der Waals surface area contributed by atoms with Crippen LogP contribution in [-0.4, -0.2) is 23.3 Å². The Balaban J connectivity index is 2.04. The van der Waals surface area contributed by atoms with Gasteiger partial charge in [-0.15, -0.1) is 0 Å². The molecule has 0 spiro atoms. The molecule has 0 unspecified atom stereocenters. The van der Waals surface area contributed by atoms with Gasteiger partial charge in [-0.3, -0.25) is 4.98 Å². The lowest BCUT2D eigenvalue weighted by atomic mass is 9.79. The summed E-state index contributed by atoms with van der Waals surface area (Å²) in [6.07, 6.45) is -2.82. The van der Waals surface area contributed by atoms with Gasteiger partial charge in [0.15, 0.2) is 0 Å². The molecule has 1 aromatic carbocycles. The zero-order valence-electron chi connectivity index (χ0n) is 14.5. The molecule has 0 N–H and O–H groups in total. The molecule has 3 nitrogen and oxygen atoms in total. The van der Waals surface area contributed by atoms with E-state index in [9.17, 15) is 13.2 Å². The third kappa shape index (κ3) is 3.31. The first-order valence-electron chi connectivity index (χ1n) is 7.99. The lowest BCUT2D eigenvalue weighted by molar-refractivity contribution is -0.137. The number of alkyl halides is 3. The van der Waals surface area contributed by atoms with Gasteiger partial charge >= 0.3 is 13.3 Å². The van der Waals surface area contributed by atoms with E-state index in [4.69, 9.17) is 9.31 Å². The summed E-state index contributed by atoms with van der Waals surface area (Å²) >= 11 is 0. The molecule has 2 aromatic rings. The van der Waals surface area contributed by atoms with Gasteiger partial charge < -0.3 is 9.31 Å². The Bertz CT molecular complexity index is 774. The maximum atomic E-state index is 13.0. The number of nitrogens with zero attached hydrogens (tertiary/aromatic N) is 1. The molecule has 7 heteroatoms. The van der Waals surface area contributed by atoms with Crippen LogP contribution >= 0.6 is 0 Å². The monoisotopic (exact) mass is 349 g/mol. The van der Waals surface area contributed by atoms with E-state index in [0.717, 1.165) is 12.1 Å². The lowest BCUT2D eigenvalue weighted by Crippen LogP contribution is -2.41. The molecule has 0 saturated carbocycles. The molecule has 2 heterocycles. The summed E-state index contributed by atoms with van der Waals surface area (Å²) in [5, 5.41) is 0. The van der Waals surface area contributed by atoms with Crippen molar-refractivity contribution in [3.05, 3.63) is 48.2 Å². The van der Waals surface area contributed by atoms with Gasteiger partial charge in [-0.25, -0.2) is 0 Å². The average Bonchev–Trinajstić information content (AvgIpc) is 2.75. The minimum atomic E-state index is -4.40. The van der Waals surface area contributed by atoms with Gasteiger partial charge in [-0.05, 0) is 57.0 Å². The minimum Gasteiger partial charge on any atom is -0.398 e. The predicted octanol–water partition coefficient (Wildman–Crippen LogP) is 4.07. The van der Waals surface area contributed by atoms with Crippen LogP contribution in [0.4, 0.5) is 13.2 Å². The van der Waals surface area contributed by atoms with Crippen molar-refractivity contribution >= 4 is 12.7 Å². The molecule has 1 saturated heterocycles. The third-order valence-corrected chi connectivity index (χ3v) is 4.82. The molecule has 0 bridgehead atoms. The van der Waals surface area contributed by atoms with Crippen molar-refractivity contribution in [2.24, 2.45) is 0 Å². The van der Waals surface area contributed by atoms with Crippen LogP contribution < -0.4 is 5.59 Å². The van der Waals surface area contributed by atoms with Crippen molar-refractivity contribution in [1.29, 1.82) is 0 Å². The first kappa shape index (κ1) is 18.0. The molecular formula is C18H19BF3NO2. The number of benzene rings is 1. The summed E-state index contributed by atoms with van der Waals surface area (Å²) in [7, 11) is -0.740. The highest BCUT2D eigenvalue weighted by Gasteiger charge is 2.53. The van der Waals surface area contributed by atoms with Crippen LogP contribution in [0.5, 0.6) is 0 Å². The SMILES string of the molecule is CC1(C)OB(c2ncccc2-c2cccc(C(F)(F)F)c2)OC1(C)C. The van der Waals surface area contributed by atoms with Gasteiger partial charge in [0.1, 0.15) is 0 Å². The first-order valence-corrected chi connectivity index (χ1v) is 7.99. The van der Waals surface area contributed by atoms with E-state index in [0.29, 0.717) is 16.7 Å². The number of halogens is 3. The third-order valence-electron chi connectivity index (χ3n) is 4.82. The van der Waals surface area contributed by atoms with Crippen molar-refractivity contribution < 1.29 is 22.5 Å². The van der Waals surface area contributed by atoms with Crippen LogP contribution in [-0.2, 0) is 15.5 Å². The average molecular weight is 349 g/mol. The van der Waals surface area contributed by atoms with Crippen LogP contribution in [0.25, 0.3) is 11.1 Å². The Morgan fingerprint density at radius 2 is 1.60 bits per heavy atom. The second kappa shape index (κ2) is 5.85. The molecular weight excluding hydrogens is 330 g/mol. The number of rotatable bonds is 2. The Morgan fingerprint density at radius 3 is 2.20 bits per heavy atom. The number of pyridine rings is 1. The van der Waals surface area contributed by atoms with E-state index in [-0.39, 0.29) is 0 Å². The Morgan fingerprint density at radius 1 is 0.960 bits per heavy atom. The second-order valence-electron chi connectivity index (χ2n) is 7.10. The molecule has 1 aromatic heterocycles. The van der Waals surface area contributed by atoms with Crippen LogP contribution in [0, 0.1) is 0 Å². The van der Waals surface area contributed by atoms with Gasteiger partial charge in [0.25, 0.3) is 0 Å². The fourth-order valence-electron chi connectivity index (χ4n) is 2.67. The molecule has 3 rings (SSSR count). The number of hydrogen-bond acceptors (Lipinski definition) is 3. The standard InChI is InChI=1S/C18H19BF3NO2/c1-16(2)17(3,4)25-19(24-16)15-14(9-6-10-23-15)12-7-5-8-13(11-12)18(20,21)22/h5-11H,1-4H3. The summed E-state index contributed by atoms with van der Waals surface area (Å²) in [5.41, 5.74) is -0.352. The number of aromatic nitrogens is 1. The summed E-state index contributed by atoms with van der Waals surface area (Å²) in [6, 6.07) is 8.59. The summed E-state index contributed by atoms with van der Waals surface area (Å²) in [5.74, 6) is 0. The molecule has 0 radical (unpaired) electrons. The van der Waals surface area contributed by atoms with Crippen LogP contribution in [0.15, 0.2) is 42.6 Å². The highest BCUT2D eigenvalue weighted by Crippen LogP contribution is 2.37. The van der Waals surface area contributed by atoms with Gasteiger partial charge in [-0.1, -0.05) is 18.2 Å². The molecule has 0 atom stereocenters. The molecule has 1 aliphatic rings. The van der Waals surface area contributed by atoms with E-state index in [2.05, 4.69) is 4.98 Å². The number of hydrogen-bond donors (Lipinski definition) is 0. The van der Waals surface area contributed by atoms with E-state index in [1.54, 1.807) is 24.4 Å². The Kier molecular flexibility index (Phi) is 4.20. The minimum absolute atomic E-state index is 0.424. The van der Waals surface area contributed by atoms with Crippen LogP contribution in [0.3, 0.4) is 0 Å². The molecule has 1 fully saturated rings.